The van der Waals surface area contributed by atoms with E-state index in [0.717, 1.165) is 41.3 Å². The molecule has 6 heteroatoms. The lowest BCUT2D eigenvalue weighted by atomic mass is 10.1. The first-order chi connectivity index (χ1) is 13.5. The predicted molar refractivity (Wildman–Crippen MR) is 116 cm³/mol. The molecule has 1 fully saturated rings. The van der Waals surface area contributed by atoms with Gasteiger partial charge in [0.25, 0.3) is 11.8 Å². The van der Waals surface area contributed by atoms with Crippen molar-refractivity contribution in [3.8, 4) is 0 Å². The second-order valence-corrected chi connectivity index (χ2v) is 8.58. The van der Waals surface area contributed by atoms with E-state index in [1.54, 1.807) is 24.3 Å². The molecule has 3 aromatic rings. The summed E-state index contributed by atoms with van der Waals surface area (Å²) >= 11 is 7.87. The summed E-state index contributed by atoms with van der Waals surface area (Å²) in [5.41, 5.74) is 2.00. The van der Waals surface area contributed by atoms with Crippen LogP contribution in [0.5, 0.6) is 0 Å². The van der Waals surface area contributed by atoms with Crippen molar-refractivity contribution in [3.05, 3.63) is 63.5 Å². The van der Waals surface area contributed by atoms with Gasteiger partial charge in [-0.15, -0.1) is 11.3 Å². The zero-order chi connectivity index (χ0) is 19.7. The van der Waals surface area contributed by atoms with Gasteiger partial charge in [-0.3, -0.25) is 9.59 Å². The number of carbonyl (C=O) groups excluding carboxylic acids is 2. The van der Waals surface area contributed by atoms with Crippen molar-refractivity contribution in [3.63, 3.8) is 0 Å². The molecule has 0 radical (unpaired) electrons. The van der Waals surface area contributed by atoms with Crippen LogP contribution in [0.3, 0.4) is 0 Å². The Balaban J connectivity index is 1.59. The van der Waals surface area contributed by atoms with Crippen LogP contribution in [0.4, 0.5) is 5.69 Å². The van der Waals surface area contributed by atoms with Gasteiger partial charge in [0.1, 0.15) is 4.88 Å². The number of fused-ring (bicyclic) bond motifs is 1. The molecule has 144 valence electrons. The number of thiophene rings is 1. The first-order valence-electron chi connectivity index (χ1n) is 9.43. The number of para-hydroxylation sites is 1. The molecule has 0 unspecified atom stereocenters. The zero-order valence-electron chi connectivity index (χ0n) is 15.5. The molecule has 2 amide bonds. The van der Waals surface area contributed by atoms with Gasteiger partial charge in [0.2, 0.25) is 0 Å². The van der Waals surface area contributed by atoms with Crippen molar-refractivity contribution in [2.45, 2.75) is 38.6 Å². The first-order valence-corrected chi connectivity index (χ1v) is 10.6. The maximum absolute atomic E-state index is 12.9. The highest BCUT2D eigenvalue weighted by Gasteiger charge is 2.22. The van der Waals surface area contributed by atoms with E-state index in [-0.39, 0.29) is 17.9 Å². The Hall–Kier alpha value is -2.37. The van der Waals surface area contributed by atoms with Crippen molar-refractivity contribution in [2.75, 3.05) is 5.32 Å². The molecule has 0 saturated heterocycles. The van der Waals surface area contributed by atoms with E-state index in [1.165, 1.54) is 11.3 Å². The summed E-state index contributed by atoms with van der Waals surface area (Å²) < 4.78 is 0.974. The van der Waals surface area contributed by atoms with Crippen LogP contribution in [0.1, 0.15) is 51.3 Å². The smallest absolute Gasteiger partial charge is 0.267 e. The standard InChI is InChI=1S/C22H21ClN2O2S/c1-13-7-6-12-17-18(13)19(23)20(28-17)22(27)25-16-11-5-4-10-15(16)21(26)24-14-8-2-3-9-14/h4-7,10-12,14H,2-3,8-9H2,1H3,(H,24,26)(H,25,27). The third-order valence-electron chi connectivity index (χ3n) is 5.18. The predicted octanol–water partition coefficient (Wildman–Crippen LogP) is 5.79. The summed E-state index contributed by atoms with van der Waals surface area (Å²) in [5, 5.41) is 7.33. The van der Waals surface area contributed by atoms with E-state index < -0.39 is 0 Å². The number of anilines is 1. The molecule has 28 heavy (non-hydrogen) atoms. The van der Waals surface area contributed by atoms with Gasteiger partial charge in [-0.05, 0) is 43.5 Å². The quantitative estimate of drug-likeness (QED) is 0.569. The van der Waals surface area contributed by atoms with Gasteiger partial charge in [0.15, 0.2) is 0 Å². The summed E-state index contributed by atoms with van der Waals surface area (Å²) in [7, 11) is 0. The maximum atomic E-state index is 12.9. The fourth-order valence-electron chi connectivity index (χ4n) is 3.72. The van der Waals surface area contributed by atoms with Crippen LogP contribution in [-0.2, 0) is 0 Å². The van der Waals surface area contributed by atoms with Gasteiger partial charge in [-0.25, -0.2) is 0 Å². The lowest BCUT2D eigenvalue weighted by molar-refractivity contribution is 0.0939. The third-order valence-corrected chi connectivity index (χ3v) is 6.83. The van der Waals surface area contributed by atoms with E-state index in [0.29, 0.717) is 21.2 Å². The number of carbonyl (C=O) groups is 2. The maximum Gasteiger partial charge on any atom is 0.267 e. The molecule has 1 aromatic heterocycles. The molecular weight excluding hydrogens is 392 g/mol. The average Bonchev–Trinajstić information content (AvgIpc) is 3.30. The minimum absolute atomic E-state index is 0.152. The fourth-order valence-corrected chi connectivity index (χ4v) is 5.30. The summed E-state index contributed by atoms with van der Waals surface area (Å²) in [6, 6.07) is 13.2. The van der Waals surface area contributed by atoms with Crippen LogP contribution in [0.2, 0.25) is 5.02 Å². The number of hydrogen-bond acceptors (Lipinski definition) is 3. The zero-order valence-corrected chi connectivity index (χ0v) is 17.1. The SMILES string of the molecule is Cc1cccc2sc(C(=O)Nc3ccccc3C(=O)NC3CCCC3)c(Cl)c12. The minimum Gasteiger partial charge on any atom is -0.349 e. The van der Waals surface area contributed by atoms with Crippen molar-refractivity contribution >= 4 is 50.5 Å². The van der Waals surface area contributed by atoms with Crippen LogP contribution in [-0.4, -0.2) is 17.9 Å². The van der Waals surface area contributed by atoms with Gasteiger partial charge < -0.3 is 10.6 Å². The molecule has 4 rings (SSSR count). The number of halogens is 1. The third kappa shape index (κ3) is 3.64. The largest absolute Gasteiger partial charge is 0.349 e. The number of nitrogens with one attached hydrogen (secondary N) is 2. The lowest BCUT2D eigenvalue weighted by Crippen LogP contribution is -2.33. The average molecular weight is 413 g/mol. The Kier molecular flexibility index (Phi) is 5.38. The Bertz CT molecular complexity index is 1050. The van der Waals surface area contributed by atoms with Crippen molar-refractivity contribution in [2.24, 2.45) is 0 Å². The van der Waals surface area contributed by atoms with Crippen LogP contribution in [0, 0.1) is 6.92 Å². The van der Waals surface area contributed by atoms with Gasteiger partial charge in [0, 0.05) is 16.1 Å². The molecular formula is C22H21ClN2O2S. The Morgan fingerprint density at radius 1 is 1.04 bits per heavy atom. The summed E-state index contributed by atoms with van der Waals surface area (Å²) in [5.74, 6) is -0.451. The topological polar surface area (TPSA) is 58.2 Å². The van der Waals surface area contributed by atoms with E-state index >= 15 is 0 Å². The van der Waals surface area contributed by atoms with Crippen LogP contribution >= 0.6 is 22.9 Å². The number of rotatable bonds is 4. The van der Waals surface area contributed by atoms with Gasteiger partial charge in [-0.2, -0.15) is 0 Å². The van der Waals surface area contributed by atoms with E-state index in [4.69, 9.17) is 11.6 Å². The van der Waals surface area contributed by atoms with Crippen molar-refractivity contribution < 1.29 is 9.59 Å². The second kappa shape index (κ2) is 7.94. The molecule has 0 aliphatic heterocycles. The van der Waals surface area contributed by atoms with E-state index in [2.05, 4.69) is 10.6 Å². The van der Waals surface area contributed by atoms with Gasteiger partial charge in [0.05, 0.1) is 16.3 Å². The number of benzene rings is 2. The Labute approximate surface area is 172 Å². The molecule has 0 atom stereocenters. The monoisotopic (exact) mass is 412 g/mol. The summed E-state index contributed by atoms with van der Waals surface area (Å²) in [6.07, 6.45) is 4.31. The molecule has 0 spiro atoms. The minimum atomic E-state index is -0.299. The van der Waals surface area contributed by atoms with Crippen LogP contribution in [0.25, 0.3) is 10.1 Å². The molecule has 1 aliphatic rings. The fraction of sp³-hybridized carbons (Fsp3) is 0.273. The molecule has 1 heterocycles. The number of amides is 2. The Morgan fingerprint density at radius 3 is 2.54 bits per heavy atom. The highest BCUT2D eigenvalue weighted by atomic mass is 35.5. The first kappa shape index (κ1) is 19.0. The summed E-state index contributed by atoms with van der Waals surface area (Å²) in [4.78, 5) is 26.1. The molecule has 2 aromatic carbocycles. The van der Waals surface area contributed by atoms with Crippen LogP contribution < -0.4 is 10.6 Å². The molecule has 2 N–H and O–H groups in total. The second-order valence-electron chi connectivity index (χ2n) is 7.15. The number of hydrogen-bond donors (Lipinski definition) is 2. The van der Waals surface area contributed by atoms with Gasteiger partial charge in [-0.1, -0.05) is 48.7 Å². The van der Waals surface area contributed by atoms with Crippen molar-refractivity contribution in [1.29, 1.82) is 0 Å². The Morgan fingerprint density at radius 2 is 1.79 bits per heavy atom. The van der Waals surface area contributed by atoms with E-state index in [1.807, 2.05) is 25.1 Å². The molecule has 1 saturated carbocycles. The summed E-state index contributed by atoms with van der Waals surface area (Å²) in [6.45, 7) is 1.98. The highest BCUT2D eigenvalue weighted by molar-refractivity contribution is 7.21. The van der Waals surface area contributed by atoms with Gasteiger partial charge >= 0.3 is 0 Å². The molecule has 4 nitrogen and oxygen atoms in total. The van der Waals surface area contributed by atoms with Crippen molar-refractivity contribution in [1.82, 2.24) is 5.32 Å². The highest BCUT2D eigenvalue weighted by Crippen LogP contribution is 2.37. The normalized spacial score (nSPS) is 14.4. The van der Waals surface area contributed by atoms with Crippen LogP contribution in [0.15, 0.2) is 42.5 Å². The molecule has 0 bridgehead atoms. The lowest BCUT2D eigenvalue weighted by Gasteiger charge is -2.14. The number of aryl methyl sites for hydroxylation is 1. The van der Waals surface area contributed by atoms with E-state index in [9.17, 15) is 9.59 Å². The molecule has 1 aliphatic carbocycles.